The number of hydrogen-bond donors (Lipinski definition) is 1. The van der Waals surface area contributed by atoms with Crippen LogP contribution >= 0.6 is 15.9 Å². The van der Waals surface area contributed by atoms with Crippen LogP contribution in [0.1, 0.15) is 12.2 Å². The first-order valence-corrected chi connectivity index (χ1v) is 6.36. The van der Waals surface area contributed by atoms with Crippen LogP contribution in [0.5, 0.6) is 0 Å². The second-order valence-corrected chi connectivity index (χ2v) is 4.61. The van der Waals surface area contributed by atoms with E-state index in [1.54, 1.807) is 0 Å². The van der Waals surface area contributed by atoms with Crippen molar-refractivity contribution in [2.24, 2.45) is 5.73 Å². The molecule has 0 aliphatic rings. The second kappa shape index (κ2) is 5.89. The Morgan fingerprint density at radius 3 is 2.47 bits per heavy atom. The van der Waals surface area contributed by atoms with Gasteiger partial charge in [0.05, 0.1) is 0 Å². The molecule has 0 aliphatic carbocycles. The van der Waals surface area contributed by atoms with Gasteiger partial charge in [-0.15, -0.1) is 0 Å². The third-order valence-corrected chi connectivity index (χ3v) is 3.19. The maximum atomic E-state index is 5.46. The largest absolute Gasteiger partial charge is 0.330 e. The van der Waals surface area contributed by atoms with Crippen LogP contribution in [-0.2, 0) is 6.42 Å². The number of hydrogen-bond acceptors (Lipinski definition) is 3. The highest BCUT2D eigenvalue weighted by Crippen LogP contribution is 2.26. The molecule has 0 unspecified atom stereocenters. The minimum atomic E-state index is 0.676. The number of nitrogens with two attached hydrogens (primary N) is 1. The summed E-state index contributed by atoms with van der Waals surface area (Å²) in [5.41, 5.74) is 7.59. The Balaban J connectivity index is 2.21. The van der Waals surface area contributed by atoms with E-state index in [9.17, 15) is 0 Å². The first-order chi connectivity index (χ1) is 8.31. The van der Waals surface area contributed by atoms with Crippen molar-refractivity contribution in [2.75, 3.05) is 6.54 Å². The van der Waals surface area contributed by atoms with E-state index in [-0.39, 0.29) is 0 Å². The van der Waals surface area contributed by atoms with E-state index in [1.165, 1.54) is 0 Å². The van der Waals surface area contributed by atoms with Crippen molar-refractivity contribution < 1.29 is 0 Å². The van der Waals surface area contributed by atoms with Gasteiger partial charge in [0.1, 0.15) is 5.82 Å². The van der Waals surface area contributed by atoms with Gasteiger partial charge in [0.25, 0.3) is 0 Å². The molecule has 0 saturated heterocycles. The molecule has 2 rings (SSSR count). The molecule has 1 aromatic heterocycles. The summed E-state index contributed by atoms with van der Waals surface area (Å²) in [6, 6.07) is 8.05. The molecule has 2 aromatic rings. The van der Waals surface area contributed by atoms with Crippen molar-refractivity contribution in [3.05, 3.63) is 47.0 Å². The number of nitrogens with zero attached hydrogens (tertiary/aromatic N) is 2. The number of aryl methyl sites for hydroxylation is 1. The first kappa shape index (κ1) is 12.2. The standard InChI is InChI=1S/C13H14BrN3/c14-12-5-2-1-4-11(12)10-8-16-13(17-9-10)6-3-7-15/h1-2,4-5,8-9H,3,6-7,15H2. The normalized spacial score (nSPS) is 10.5. The fourth-order valence-electron chi connectivity index (χ4n) is 1.58. The molecule has 2 N–H and O–H groups in total. The Hall–Kier alpha value is -1.26. The summed E-state index contributed by atoms with van der Waals surface area (Å²) in [7, 11) is 0. The summed E-state index contributed by atoms with van der Waals surface area (Å²) in [5.74, 6) is 0.853. The summed E-state index contributed by atoms with van der Waals surface area (Å²) in [4.78, 5) is 8.69. The third kappa shape index (κ3) is 3.11. The summed E-state index contributed by atoms with van der Waals surface area (Å²) < 4.78 is 1.05. The van der Waals surface area contributed by atoms with Crippen molar-refractivity contribution in [1.29, 1.82) is 0 Å². The molecule has 0 amide bonds. The van der Waals surface area contributed by atoms with E-state index in [0.29, 0.717) is 6.54 Å². The molecular weight excluding hydrogens is 278 g/mol. The van der Waals surface area contributed by atoms with Crippen LogP contribution in [0.3, 0.4) is 0 Å². The van der Waals surface area contributed by atoms with E-state index in [0.717, 1.165) is 34.3 Å². The summed E-state index contributed by atoms with van der Waals surface area (Å²) in [5, 5.41) is 0. The van der Waals surface area contributed by atoms with Gasteiger partial charge in [-0.3, -0.25) is 0 Å². The van der Waals surface area contributed by atoms with Gasteiger partial charge in [0.2, 0.25) is 0 Å². The van der Waals surface area contributed by atoms with Crippen molar-refractivity contribution >= 4 is 15.9 Å². The zero-order valence-corrected chi connectivity index (χ0v) is 11.0. The fourth-order valence-corrected chi connectivity index (χ4v) is 2.09. The van der Waals surface area contributed by atoms with Gasteiger partial charge in [-0.05, 0) is 24.6 Å². The van der Waals surface area contributed by atoms with Crippen molar-refractivity contribution in [3.8, 4) is 11.1 Å². The van der Waals surface area contributed by atoms with Crippen LogP contribution in [0.25, 0.3) is 11.1 Å². The van der Waals surface area contributed by atoms with Crippen LogP contribution in [0.15, 0.2) is 41.1 Å². The van der Waals surface area contributed by atoms with E-state index in [4.69, 9.17) is 5.73 Å². The molecule has 3 nitrogen and oxygen atoms in total. The van der Waals surface area contributed by atoms with Crippen molar-refractivity contribution in [1.82, 2.24) is 9.97 Å². The molecule has 1 aromatic carbocycles. The fraction of sp³-hybridized carbons (Fsp3) is 0.231. The summed E-state index contributed by atoms with van der Waals surface area (Å²) >= 11 is 3.52. The van der Waals surface area contributed by atoms with Gasteiger partial charge in [-0.1, -0.05) is 34.1 Å². The average molecular weight is 292 g/mol. The lowest BCUT2D eigenvalue weighted by atomic mass is 10.1. The van der Waals surface area contributed by atoms with E-state index < -0.39 is 0 Å². The molecule has 0 fully saturated rings. The van der Waals surface area contributed by atoms with Gasteiger partial charge in [-0.25, -0.2) is 9.97 Å². The predicted octanol–water partition coefficient (Wildman–Crippen LogP) is 2.80. The van der Waals surface area contributed by atoms with Gasteiger partial charge < -0.3 is 5.73 Å². The van der Waals surface area contributed by atoms with Crippen molar-refractivity contribution in [2.45, 2.75) is 12.8 Å². The molecule has 4 heteroatoms. The monoisotopic (exact) mass is 291 g/mol. The Morgan fingerprint density at radius 2 is 1.82 bits per heavy atom. The van der Waals surface area contributed by atoms with Gasteiger partial charge >= 0.3 is 0 Å². The van der Waals surface area contributed by atoms with E-state index >= 15 is 0 Å². The second-order valence-electron chi connectivity index (χ2n) is 3.76. The van der Waals surface area contributed by atoms with Crippen LogP contribution in [-0.4, -0.2) is 16.5 Å². The number of benzene rings is 1. The van der Waals surface area contributed by atoms with Crippen LogP contribution in [0.4, 0.5) is 0 Å². The molecule has 0 aliphatic heterocycles. The SMILES string of the molecule is NCCCc1ncc(-c2ccccc2Br)cn1. The van der Waals surface area contributed by atoms with Crippen LogP contribution < -0.4 is 5.73 Å². The Morgan fingerprint density at radius 1 is 1.12 bits per heavy atom. The minimum Gasteiger partial charge on any atom is -0.330 e. The summed E-state index contributed by atoms with van der Waals surface area (Å²) in [6.07, 6.45) is 5.49. The molecule has 1 heterocycles. The lowest BCUT2D eigenvalue weighted by Crippen LogP contribution is -2.03. The molecular formula is C13H14BrN3. The Labute approximate surface area is 109 Å². The maximum absolute atomic E-state index is 5.46. The van der Waals surface area contributed by atoms with Gasteiger partial charge in [0, 0.05) is 28.9 Å². The Bertz CT molecular complexity index is 482. The predicted molar refractivity (Wildman–Crippen MR) is 72.5 cm³/mol. The van der Waals surface area contributed by atoms with Crippen molar-refractivity contribution in [3.63, 3.8) is 0 Å². The smallest absolute Gasteiger partial charge is 0.128 e. The number of aromatic nitrogens is 2. The molecule has 0 spiro atoms. The lowest BCUT2D eigenvalue weighted by molar-refractivity contribution is 0.781. The van der Waals surface area contributed by atoms with Crippen LogP contribution in [0, 0.1) is 0 Å². The molecule has 88 valence electrons. The maximum Gasteiger partial charge on any atom is 0.128 e. The average Bonchev–Trinajstić information content (AvgIpc) is 2.38. The minimum absolute atomic E-state index is 0.676. The van der Waals surface area contributed by atoms with Gasteiger partial charge in [0.15, 0.2) is 0 Å². The molecule has 0 bridgehead atoms. The molecule has 0 atom stereocenters. The third-order valence-electron chi connectivity index (χ3n) is 2.49. The highest BCUT2D eigenvalue weighted by Gasteiger charge is 2.03. The quantitative estimate of drug-likeness (QED) is 0.942. The Kier molecular flexibility index (Phi) is 4.23. The molecule has 17 heavy (non-hydrogen) atoms. The molecule has 0 radical (unpaired) electrons. The zero-order valence-electron chi connectivity index (χ0n) is 9.44. The number of halogens is 1. The highest BCUT2D eigenvalue weighted by molar-refractivity contribution is 9.10. The van der Waals surface area contributed by atoms with Crippen LogP contribution in [0.2, 0.25) is 0 Å². The summed E-state index contributed by atoms with van der Waals surface area (Å²) in [6.45, 7) is 0.676. The zero-order chi connectivity index (χ0) is 12.1. The van der Waals surface area contributed by atoms with E-state index in [2.05, 4.69) is 25.9 Å². The van der Waals surface area contributed by atoms with E-state index in [1.807, 2.05) is 36.7 Å². The first-order valence-electron chi connectivity index (χ1n) is 5.57. The highest BCUT2D eigenvalue weighted by atomic mass is 79.9. The number of rotatable bonds is 4. The molecule has 0 saturated carbocycles. The topological polar surface area (TPSA) is 51.8 Å². The van der Waals surface area contributed by atoms with Gasteiger partial charge in [-0.2, -0.15) is 0 Å². The lowest BCUT2D eigenvalue weighted by Gasteiger charge is -2.04.